The molecule has 3 unspecified atom stereocenters. The maximum atomic E-state index is 12.3. The lowest BCUT2D eigenvalue weighted by Gasteiger charge is -2.23. The van der Waals surface area contributed by atoms with E-state index in [0.29, 0.717) is 23.2 Å². The quantitative estimate of drug-likeness (QED) is 0.934. The van der Waals surface area contributed by atoms with Gasteiger partial charge in [0, 0.05) is 36.8 Å². The molecule has 0 aliphatic carbocycles. The Labute approximate surface area is 139 Å². The van der Waals surface area contributed by atoms with E-state index in [1.807, 2.05) is 0 Å². The van der Waals surface area contributed by atoms with Crippen molar-refractivity contribution in [3.63, 3.8) is 0 Å². The summed E-state index contributed by atoms with van der Waals surface area (Å²) in [7, 11) is 0. The monoisotopic (exact) mass is 332 g/mol. The van der Waals surface area contributed by atoms with Gasteiger partial charge in [0.25, 0.3) is 11.9 Å². The van der Waals surface area contributed by atoms with Gasteiger partial charge in [0.05, 0.1) is 0 Å². The van der Waals surface area contributed by atoms with Gasteiger partial charge in [-0.1, -0.05) is 0 Å². The normalized spacial score (nSPS) is 25.5. The zero-order chi connectivity index (χ0) is 15.8. The predicted octanol–water partition coefficient (Wildman–Crippen LogP) is 3.16. The highest BCUT2D eigenvalue weighted by Gasteiger charge is 2.38. The minimum atomic E-state index is -0.0312. The minimum absolute atomic E-state index is 0.0312. The average molecular weight is 333 g/mol. The van der Waals surface area contributed by atoms with Gasteiger partial charge in [0.15, 0.2) is 5.22 Å². The third kappa shape index (κ3) is 3.07. The van der Waals surface area contributed by atoms with Crippen molar-refractivity contribution in [2.45, 2.75) is 12.5 Å². The Bertz CT molecular complexity index is 713. The van der Waals surface area contributed by atoms with Gasteiger partial charge in [-0.15, -0.1) is 0 Å². The maximum absolute atomic E-state index is 12.3. The number of benzene rings is 1. The van der Waals surface area contributed by atoms with Crippen LogP contribution in [0.25, 0.3) is 0 Å². The van der Waals surface area contributed by atoms with E-state index in [0.717, 1.165) is 13.1 Å². The lowest BCUT2D eigenvalue weighted by atomic mass is 9.99. The van der Waals surface area contributed by atoms with Crippen molar-refractivity contribution in [1.82, 2.24) is 10.2 Å². The van der Waals surface area contributed by atoms with Gasteiger partial charge in [0.1, 0.15) is 5.75 Å². The van der Waals surface area contributed by atoms with Crippen LogP contribution in [0.1, 0.15) is 16.8 Å². The highest BCUT2D eigenvalue weighted by atomic mass is 35.5. The summed E-state index contributed by atoms with van der Waals surface area (Å²) in [4.78, 5) is 14.7. The van der Waals surface area contributed by atoms with Crippen molar-refractivity contribution < 1.29 is 13.9 Å². The molecule has 4 rings (SSSR count). The number of halogens is 1. The lowest BCUT2D eigenvalue weighted by molar-refractivity contribution is 0.0924. The zero-order valence-corrected chi connectivity index (χ0v) is 13.3. The molecule has 6 heteroatoms. The van der Waals surface area contributed by atoms with Crippen LogP contribution in [-0.2, 0) is 0 Å². The van der Waals surface area contributed by atoms with Crippen LogP contribution in [0.5, 0.6) is 11.7 Å². The van der Waals surface area contributed by atoms with Crippen LogP contribution in [0, 0.1) is 5.92 Å². The van der Waals surface area contributed by atoms with Gasteiger partial charge in [-0.05, 0) is 54.7 Å². The van der Waals surface area contributed by atoms with Crippen LogP contribution in [0.3, 0.4) is 0 Å². The van der Waals surface area contributed by atoms with Gasteiger partial charge < -0.3 is 19.4 Å². The summed E-state index contributed by atoms with van der Waals surface area (Å²) in [6.45, 7) is 3.25. The molecule has 3 heterocycles. The van der Waals surface area contributed by atoms with Gasteiger partial charge in [-0.3, -0.25) is 4.79 Å². The largest absolute Gasteiger partial charge is 0.426 e. The van der Waals surface area contributed by atoms with E-state index < -0.39 is 0 Å². The fraction of sp³-hybridized carbons (Fsp3) is 0.353. The van der Waals surface area contributed by atoms with Crippen LogP contribution in [0.2, 0.25) is 5.22 Å². The highest BCUT2D eigenvalue weighted by molar-refractivity contribution is 6.28. The van der Waals surface area contributed by atoms with Gasteiger partial charge in [0.2, 0.25) is 0 Å². The molecule has 120 valence electrons. The average Bonchev–Trinajstić information content (AvgIpc) is 3.25. The second kappa shape index (κ2) is 5.91. The smallest absolute Gasteiger partial charge is 0.291 e. The molecule has 23 heavy (non-hydrogen) atoms. The van der Waals surface area contributed by atoms with Crippen molar-refractivity contribution in [3.8, 4) is 11.7 Å². The molecular formula is C17H17ClN2O3. The third-order valence-corrected chi connectivity index (χ3v) is 4.74. The van der Waals surface area contributed by atoms with Gasteiger partial charge in [-0.25, -0.2) is 0 Å². The molecule has 5 nitrogen and oxygen atoms in total. The summed E-state index contributed by atoms with van der Waals surface area (Å²) in [5, 5.41) is 3.42. The maximum Gasteiger partial charge on any atom is 0.291 e. The molecule has 2 saturated heterocycles. The molecule has 3 atom stereocenters. The van der Waals surface area contributed by atoms with Gasteiger partial charge >= 0.3 is 0 Å². The number of carbonyl (C=O) groups is 1. The first-order chi connectivity index (χ1) is 11.2. The SMILES string of the molecule is O=C(NC1CN2CCC1C2)c1ccc(Oc2ccc(Cl)o2)cc1. The Kier molecular flexibility index (Phi) is 3.75. The molecule has 1 amide bonds. The van der Waals surface area contributed by atoms with Crippen LogP contribution in [0.15, 0.2) is 40.8 Å². The van der Waals surface area contributed by atoms with Crippen molar-refractivity contribution >= 4 is 17.5 Å². The number of furan rings is 1. The van der Waals surface area contributed by atoms with E-state index in [1.54, 1.807) is 36.4 Å². The number of fused-ring (bicyclic) bond motifs is 2. The number of nitrogens with zero attached hydrogens (tertiary/aromatic N) is 1. The summed E-state index contributed by atoms with van der Waals surface area (Å²) >= 11 is 5.70. The van der Waals surface area contributed by atoms with Crippen LogP contribution in [0.4, 0.5) is 0 Å². The van der Waals surface area contributed by atoms with Gasteiger partial charge in [-0.2, -0.15) is 0 Å². The lowest BCUT2D eigenvalue weighted by Crippen LogP contribution is -2.43. The molecule has 2 aliphatic rings. The summed E-state index contributed by atoms with van der Waals surface area (Å²) in [6.07, 6.45) is 1.18. The number of hydrogen-bond acceptors (Lipinski definition) is 4. The second-order valence-electron chi connectivity index (χ2n) is 6.07. The number of ether oxygens (including phenoxy) is 1. The predicted molar refractivity (Wildman–Crippen MR) is 86.0 cm³/mol. The molecular weight excluding hydrogens is 316 g/mol. The van der Waals surface area contributed by atoms with Crippen molar-refractivity contribution in [2.24, 2.45) is 5.92 Å². The molecule has 0 radical (unpaired) electrons. The number of amides is 1. The fourth-order valence-corrected chi connectivity index (χ4v) is 3.48. The number of rotatable bonds is 4. The molecule has 2 aromatic rings. The Morgan fingerprint density at radius 2 is 2.04 bits per heavy atom. The molecule has 0 spiro atoms. The van der Waals surface area contributed by atoms with E-state index in [9.17, 15) is 4.79 Å². The van der Waals surface area contributed by atoms with Crippen LogP contribution >= 0.6 is 11.6 Å². The molecule has 1 aromatic heterocycles. The summed E-state index contributed by atoms with van der Waals surface area (Å²) in [6, 6.07) is 10.5. The molecule has 2 bridgehead atoms. The Morgan fingerprint density at radius 3 is 2.65 bits per heavy atom. The first kappa shape index (κ1) is 14.6. The Hall–Kier alpha value is -1.98. The van der Waals surface area contributed by atoms with Crippen LogP contribution in [-0.4, -0.2) is 36.5 Å². The molecule has 1 aromatic carbocycles. The molecule has 0 saturated carbocycles. The summed E-state index contributed by atoms with van der Waals surface area (Å²) < 4.78 is 10.7. The number of piperidine rings is 1. The zero-order valence-electron chi connectivity index (χ0n) is 12.5. The Morgan fingerprint density at radius 1 is 1.22 bits per heavy atom. The number of hydrogen-bond donors (Lipinski definition) is 1. The molecule has 1 N–H and O–H groups in total. The third-order valence-electron chi connectivity index (χ3n) is 4.53. The van der Waals surface area contributed by atoms with E-state index in [1.165, 1.54) is 13.0 Å². The van der Waals surface area contributed by atoms with Crippen molar-refractivity contribution in [1.29, 1.82) is 0 Å². The second-order valence-corrected chi connectivity index (χ2v) is 6.45. The van der Waals surface area contributed by atoms with Crippen LogP contribution < -0.4 is 10.1 Å². The van der Waals surface area contributed by atoms with E-state index in [4.69, 9.17) is 20.8 Å². The first-order valence-electron chi connectivity index (χ1n) is 7.74. The van der Waals surface area contributed by atoms with Crippen molar-refractivity contribution in [3.05, 3.63) is 47.2 Å². The Balaban J connectivity index is 1.38. The topological polar surface area (TPSA) is 54.7 Å². The number of carbonyl (C=O) groups excluding carboxylic acids is 1. The van der Waals surface area contributed by atoms with E-state index in [-0.39, 0.29) is 17.2 Å². The standard InChI is InChI=1S/C17H17ClN2O3/c18-15-5-6-16(23-15)22-13-3-1-11(2-4-13)17(21)19-14-10-20-8-7-12(14)9-20/h1-6,12,14H,7-10H2,(H,19,21). The number of nitrogens with one attached hydrogen (secondary N) is 1. The molecule has 2 aliphatic heterocycles. The first-order valence-corrected chi connectivity index (χ1v) is 8.12. The summed E-state index contributed by atoms with van der Waals surface area (Å²) in [5.41, 5.74) is 0.632. The summed E-state index contributed by atoms with van der Waals surface area (Å²) in [5.74, 6) is 1.49. The molecule has 2 fully saturated rings. The highest BCUT2D eigenvalue weighted by Crippen LogP contribution is 2.28. The van der Waals surface area contributed by atoms with E-state index >= 15 is 0 Å². The van der Waals surface area contributed by atoms with E-state index in [2.05, 4.69) is 10.2 Å². The minimum Gasteiger partial charge on any atom is -0.426 e. The fourth-order valence-electron chi connectivity index (χ4n) is 3.34. The van der Waals surface area contributed by atoms with Crippen molar-refractivity contribution in [2.75, 3.05) is 19.6 Å².